The fourth-order valence-corrected chi connectivity index (χ4v) is 6.46. The molecule has 3 unspecified atom stereocenters. The van der Waals surface area contributed by atoms with Gasteiger partial charge in [0, 0.05) is 29.5 Å². The number of benzene rings is 2. The van der Waals surface area contributed by atoms with E-state index in [9.17, 15) is 19.5 Å². The summed E-state index contributed by atoms with van der Waals surface area (Å²) in [5, 5.41) is 12.2. The molecule has 0 radical (unpaired) electrons. The Balaban J connectivity index is 1.26. The lowest BCUT2D eigenvalue weighted by molar-refractivity contribution is -0.142. The monoisotopic (exact) mass is 452 g/mol. The third-order valence-corrected chi connectivity index (χ3v) is 7.89. The van der Waals surface area contributed by atoms with E-state index in [1.54, 1.807) is 4.90 Å². The zero-order valence-electron chi connectivity index (χ0n) is 17.4. The Morgan fingerprint density at radius 2 is 1.75 bits per heavy atom. The van der Waals surface area contributed by atoms with Gasteiger partial charge in [0.15, 0.2) is 0 Å². The van der Waals surface area contributed by atoms with Gasteiger partial charge in [0.25, 0.3) is 0 Å². The number of alkyl carbamates (subject to hydrolysis) is 1. The first-order valence-corrected chi connectivity index (χ1v) is 11.8. The van der Waals surface area contributed by atoms with Crippen molar-refractivity contribution in [1.82, 2.24) is 10.2 Å². The fourth-order valence-electron chi connectivity index (χ4n) is 5.03. The van der Waals surface area contributed by atoms with Crippen molar-refractivity contribution in [3.63, 3.8) is 0 Å². The minimum absolute atomic E-state index is 0.104. The van der Waals surface area contributed by atoms with E-state index >= 15 is 0 Å². The first-order valence-electron chi connectivity index (χ1n) is 10.8. The molecular formula is C24H24N2O5S. The molecule has 2 fully saturated rings. The summed E-state index contributed by atoms with van der Waals surface area (Å²) in [6.07, 6.45) is -0.309. The van der Waals surface area contributed by atoms with Crippen molar-refractivity contribution in [2.24, 2.45) is 0 Å². The van der Waals surface area contributed by atoms with Crippen molar-refractivity contribution in [3.8, 4) is 11.1 Å². The number of carbonyl (C=O) groups is 3. The standard InChI is InChI=1S/C24H24N2O5S/c27-22(28)10-21(23(29)26-11-15-9-14(26)13-32-15)25-24(30)31-12-20-18-7-3-1-5-16(18)17-6-2-4-8-19(17)20/h1-8,14-15,20-21H,9-13H2,(H,25,30)(H,27,28). The molecule has 1 aliphatic carbocycles. The number of amides is 2. The van der Waals surface area contributed by atoms with E-state index in [0.717, 1.165) is 34.4 Å². The number of aliphatic carboxylic acids is 1. The van der Waals surface area contributed by atoms with Crippen molar-refractivity contribution in [1.29, 1.82) is 0 Å². The van der Waals surface area contributed by atoms with E-state index in [0.29, 0.717) is 11.8 Å². The molecule has 2 heterocycles. The molecule has 2 saturated heterocycles. The number of ether oxygens (including phenoxy) is 1. The van der Waals surface area contributed by atoms with Crippen LogP contribution >= 0.6 is 11.8 Å². The molecule has 5 rings (SSSR count). The number of hydrogen-bond donors (Lipinski definition) is 2. The summed E-state index contributed by atoms with van der Waals surface area (Å²) in [6, 6.07) is 15.0. The van der Waals surface area contributed by atoms with Gasteiger partial charge in [-0.05, 0) is 28.7 Å². The van der Waals surface area contributed by atoms with Gasteiger partial charge < -0.3 is 20.1 Å². The molecule has 166 valence electrons. The molecule has 2 aromatic rings. The van der Waals surface area contributed by atoms with Crippen LogP contribution in [0.1, 0.15) is 29.9 Å². The molecule has 3 aliphatic rings. The molecular weight excluding hydrogens is 428 g/mol. The predicted octanol–water partition coefficient (Wildman–Crippen LogP) is 3.08. The second-order valence-corrected chi connectivity index (χ2v) is 9.79. The lowest BCUT2D eigenvalue weighted by Crippen LogP contribution is -2.52. The molecule has 0 saturated carbocycles. The van der Waals surface area contributed by atoms with E-state index in [1.165, 1.54) is 0 Å². The number of hydrogen-bond acceptors (Lipinski definition) is 5. The van der Waals surface area contributed by atoms with Gasteiger partial charge in [-0.15, -0.1) is 0 Å². The minimum atomic E-state index is -1.14. The molecule has 7 nitrogen and oxygen atoms in total. The van der Waals surface area contributed by atoms with E-state index < -0.39 is 24.5 Å². The Morgan fingerprint density at radius 3 is 2.31 bits per heavy atom. The number of fused-ring (bicyclic) bond motifs is 5. The summed E-state index contributed by atoms with van der Waals surface area (Å²) >= 11 is 1.84. The van der Waals surface area contributed by atoms with E-state index in [2.05, 4.69) is 17.4 Å². The number of nitrogens with zero attached hydrogens (tertiary/aromatic N) is 1. The first kappa shape index (κ1) is 20.9. The zero-order valence-corrected chi connectivity index (χ0v) is 18.2. The number of thioether (sulfide) groups is 1. The van der Waals surface area contributed by atoms with Crippen LogP contribution in [0.2, 0.25) is 0 Å². The largest absolute Gasteiger partial charge is 0.481 e. The van der Waals surface area contributed by atoms with Gasteiger partial charge in [-0.2, -0.15) is 11.8 Å². The van der Waals surface area contributed by atoms with Gasteiger partial charge >= 0.3 is 12.1 Å². The predicted molar refractivity (Wildman–Crippen MR) is 121 cm³/mol. The highest BCUT2D eigenvalue weighted by molar-refractivity contribution is 8.00. The second kappa shape index (κ2) is 8.50. The molecule has 0 aromatic heterocycles. The zero-order chi connectivity index (χ0) is 22.2. The normalized spacial score (nSPS) is 21.7. The summed E-state index contributed by atoms with van der Waals surface area (Å²) in [4.78, 5) is 38.6. The van der Waals surface area contributed by atoms with Gasteiger partial charge in [0.2, 0.25) is 5.91 Å². The topological polar surface area (TPSA) is 95.9 Å². The smallest absolute Gasteiger partial charge is 0.407 e. The third kappa shape index (κ3) is 3.83. The van der Waals surface area contributed by atoms with Crippen LogP contribution in [-0.4, -0.2) is 64.2 Å². The number of likely N-dealkylation sites (tertiary alicyclic amines) is 1. The Kier molecular flexibility index (Phi) is 5.55. The van der Waals surface area contributed by atoms with Crippen molar-refractivity contribution in [2.45, 2.75) is 36.1 Å². The molecule has 32 heavy (non-hydrogen) atoms. The number of nitrogens with one attached hydrogen (secondary N) is 1. The third-order valence-electron chi connectivity index (χ3n) is 6.50. The molecule has 8 heteroatoms. The highest BCUT2D eigenvalue weighted by atomic mass is 32.2. The van der Waals surface area contributed by atoms with Crippen LogP contribution in [0.5, 0.6) is 0 Å². The highest BCUT2D eigenvalue weighted by Gasteiger charge is 2.43. The minimum Gasteiger partial charge on any atom is -0.481 e. The Morgan fingerprint density at radius 1 is 1.09 bits per heavy atom. The average Bonchev–Trinajstić information content (AvgIpc) is 3.50. The lowest BCUT2D eigenvalue weighted by atomic mass is 9.98. The highest BCUT2D eigenvalue weighted by Crippen LogP contribution is 2.44. The Labute approximate surface area is 190 Å². The van der Waals surface area contributed by atoms with Crippen LogP contribution < -0.4 is 5.32 Å². The van der Waals surface area contributed by atoms with Gasteiger partial charge in [0.05, 0.1) is 6.42 Å². The maximum atomic E-state index is 13.0. The summed E-state index contributed by atoms with van der Waals surface area (Å²) in [6.45, 7) is 0.718. The van der Waals surface area contributed by atoms with Crippen LogP contribution in [0.4, 0.5) is 4.79 Å². The summed E-state index contributed by atoms with van der Waals surface area (Å²) < 4.78 is 5.51. The molecule has 2 amide bonds. The van der Waals surface area contributed by atoms with E-state index in [-0.39, 0.29) is 24.5 Å². The van der Waals surface area contributed by atoms with Gasteiger partial charge in [-0.25, -0.2) is 4.79 Å². The maximum Gasteiger partial charge on any atom is 0.407 e. The average molecular weight is 453 g/mol. The van der Waals surface area contributed by atoms with Crippen LogP contribution in [0, 0.1) is 0 Å². The Bertz CT molecular complexity index is 1030. The number of carbonyl (C=O) groups excluding carboxylic acids is 2. The number of carboxylic acid groups (broad SMARTS) is 1. The maximum absolute atomic E-state index is 13.0. The molecule has 2 aromatic carbocycles. The van der Waals surface area contributed by atoms with Crippen molar-refractivity contribution in [2.75, 3.05) is 18.9 Å². The summed E-state index contributed by atoms with van der Waals surface area (Å²) in [7, 11) is 0. The lowest BCUT2D eigenvalue weighted by Gasteiger charge is -2.30. The summed E-state index contributed by atoms with van der Waals surface area (Å²) in [5.74, 6) is -0.718. The van der Waals surface area contributed by atoms with Crippen molar-refractivity contribution < 1.29 is 24.2 Å². The fraction of sp³-hybridized carbons (Fsp3) is 0.375. The molecule has 2 bridgehead atoms. The van der Waals surface area contributed by atoms with Crippen LogP contribution in [-0.2, 0) is 14.3 Å². The number of carboxylic acids is 1. The van der Waals surface area contributed by atoms with E-state index in [4.69, 9.17) is 4.74 Å². The van der Waals surface area contributed by atoms with Crippen LogP contribution in [0.25, 0.3) is 11.1 Å². The Hall–Kier alpha value is -3.00. The van der Waals surface area contributed by atoms with Gasteiger partial charge in [0.1, 0.15) is 12.6 Å². The number of rotatable bonds is 6. The molecule has 3 atom stereocenters. The van der Waals surface area contributed by atoms with E-state index in [1.807, 2.05) is 48.2 Å². The quantitative estimate of drug-likeness (QED) is 0.699. The van der Waals surface area contributed by atoms with Crippen LogP contribution in [0.15, 0.2) is 48.5 Å². The van der Waals surface area contributed by atoms with Gasteiger partial charge in [-0.3, -0.25) is 9.59 Å². The second-order valence-electron chi connectivity index (χ2n) is 8.46. The SMILES string of the molecule is O=C(O)CC(NC(=O)OCC1c2ccccc2-c2ccccc21)C(=O)N1CC2CC1CS2. The molecule has 0 spiro atoms. The summed E-state index contributed by atoms with van der Waals surface area (Å²) in [5.41, 5.74) is 4.42. The van der Waals surface area contributed by atoms with Crippen molar-refractivity contribution >= 4 is 29.7 Å². The molecule has 2 aliphatic heterocycles. The first-order chi connectivity index (χ1) is 15.5. The van der Waals surface area contributed by atoms with Crippen molar-refractivity contribution in [3.05, 3.63) is 59.7 Å². The van der Waals surface area contributed by atoms with Crippen LogP contribution in [0.3, 0.4) is 0 Å². The van der Waals surface area contributed by atoms with Gasteiger partial charge in [-0.1, -0.05) is 48.5 Å². The molecule has 2 N–H and O–H groups in total.